The molecule has 1 aromatic heterocycles. The third-order valence-electron chi connectivity index (χ3n) is 3.77. The molecule has 0 unspecified atom stereocenters. The highest BCUT2D eigenvalue weighted by Gasteiger charge is 2.30. The van der Waals surface area contributed by atoms with Gasteiger partial charge in [0.25, 0.3) is 5.91 Å². The number of hydrogen-bond donors (Lipinski definition) is 0. The van der Waals surface area contributed by atoms with Gasteiger partial charge in [-0.05, 0) is 26.7 Å². The van der Waals surface area contributed by atoms with E-state index in [4.69, 9.17) is 4.42 Å². The number of aryl methyl sites for hydroxylation is 2. The maximum Gasteiger partial charge on any atom is 0.281 e. The largest absolute Gasteiger partial charge is 0.465 e. The minimum Gasteiger partial charge on any atom is -0.465 e. The summed E-state index contributed by atoms with van der Waals surface area (Å²) in [5, 5.41) is 0. The van der Waals surface area contributed by atoms with Gasteiger partial charge in [0.05, 0.1) is 16.8 Å². The zero-order chi connectivity index (χ0) is 13.8. The van der Waals surface area contributed by atoms with E-state index in [2.05, 4.69) is 11.9 Å². The van der Waals surface area contributed by atoms with Crippen molar-refractivity contribution in [1.29, 1.82) is 0 Å². The summed E-state index contributed by atoms with van der Waals surface area (Å²) in [5.41, 5.74) is 2.60. The molecule has 0 fully saturated rings. The number of carbonyl (C=O) groups excluding carboxylic acids is 1. The monoisotopic (exact) mass is 261 g/mol. The van der Waals surface area contributed by atoms with Crippen LogP contribution in [0.4, 0.5) is 0 Å². The highest BCUT2D eigenvalue weighted by Crippen LogP contribution is 2.30. The fourth-order valence-corrected chi connectivity index (χ4v) is 2.78. The van der Waals surface area contributed by atoms with Gasteiger partial charge < -0.3 is 4.42 Å². The SMILES string of the molecule is CCCCCCCCC1=NC(=O)c2c(C)oc(C)c21. The lowest BCUT2D eigenvalue weighted by Gasteiger charge is -2.02. The third-order valence-corrected chi connectivity index (χ3v) is 3.77. The minimum atomic E-state index is -0.120. The van der Waals surface area contributed by atoms with E-state index in [-0.39, 0.29) is 5.91 Å². The molecule has 0 saturated heterocycles. The van der Waals surface area contributed by atoms with Crippen molar-refractivity contribution >= 4 is 11.6 Å². The van der Waals surface area contributed by atoms with Crippen LogP contribution >= 0.6 is 0 Å². The van der Waals surface area contributed by atoms with Crippen LogP contribution in [0.1, 0.15) is 79.3 Å². The number of aliphatic imine (C=N–C) groups is 1. The van der Waals surface area contributed by atoms with Gasteiger partial charge in [-0.3, -0.25) is 4.79 Å². The maximum atomic E-state index is 11.8. The van der Waals surface area contributed by atoms with Crippen LogP contribution in [0.25, 0.3) is 0 Å². The van der Waals surface area contributed by atoms with Gasteiger partial charge in [0.1, 0.15) is 11.5 Å². The van der Waals surface area contributed by atoms with Gasteiger partial charge in [0, 0.05) is 0 Å². The zero-order valence-corrected chi connectivity index (χ0v) is 12.2. The lowest BCUT2D eigenvalue weighted by Crippen LogP contribution is -1.98. The first-order valence-corrected chi connectivity index (χ1v) is 7.37. The average Bonchev–Trinajstić information content (AvgIpc) is 2.85. The standard InChI is InChI=1S/C16H23NO2/c1-4-5-6-7-8-9-10-13-14-11(2)19-12(3)15(14)16(18)17-13/h4-10H2,1-3H3. The van der Waals surface area contributed by atoms with Crippen molar-refractivity contribution in [3.8, 4) is 0 Å². The second-order valence-corrected chi connectivity index (χ2v) is 5.35. The summed E-state index contributed by atoms with van der Waals surface area (Å²) in [5.74, 6) is 1.42. The molecule has 3 heteroatoms. The predicted molar refractivity (Wildman–Crippen MR) is 77.0 cm³/mol. The number of unbranched alkanes of at least 4 members (excludes halogenated alkanes) is 5. The van der Waals surface area contributed by atoms with Crippen LogP contribution in [-0.2, 0) is 0 Å². The molecule has 0 spiro atoms. The molecule has 1 amide bonds. The first-order valence-electron chi connectivity index (χ1n) is 7.37. The van der Waals surface area contributed by atoms with Gasteiger partial charge in [-0.1, -0.05) is 39.0 Å². The minimum absolute atomic E-state index is 0.120. The van der Waals surface area contributed by atoms with Crippen LogP contribution in [0.2, 0.25) is 0 Å². The molecule has 0 bridgehead atoms. The molecule has 0 N–H and O–H groups in total. The van der Waals surface area contributed by atoms with Crippen LogP contribution in [0.5, 0.6) is 0 Å². The molecule has 104 valence electrons. The van der Waals surface area contributed by atoms with Crippen molar-refractivity contribution in [3.63, 3.8) is 0 Å². The second-order valence-electron chi connectivity index (χ2n) is 5.35. The molecule has 1 aliphatic heterocycles. The quantitative estimate of drug-likeness (QED) is 0.674. The number of nitrogens with zero attached hydrogens (tertiary/aromatic N) is 1. The lowest BCUT2D eigenvalue weighted by atomic mass is 10.0. The molecular weight excluding hydrogens is 238 g/mol. The lowest BCUT2D eigenvalue weighted by molar-refractivity contribution is 0.100. The Balaban J connectivity index is 1.90. The summed E-state index contributed by atoms with van der Waals surface area (Å²) < 4.78 is 5.55. The maximum absolute atomic E-state index is 11.8. The van der Waals surface area contributed by atoms with E-state index >= 15 is 0 Å². The normalized spacial score (nSPS) is 13.8. The van der Waals surface area contributed by atoms with Gasteiger partial charge in [-0.25, -0.2) is 4.99 Å². The van der Waals surface area contributed by atoms with E-state index in [1.54, 1.807) is 0 Å². The van der Waals surface area contributed by atoms with E-state index in [9.17, 15) is 4.79 Å². The van der Waals surface area contributed by atoms with Crippen LogP contribution in [0, 0.1) is 13.8 Å². The van der Waals surface area contributed by atoms with Crippen molar-refractivity contribution in [1.82, 2.24) is 0 Å². The highest BCUT2D eigenvalue weighted by atomic mass is 16.3. The number of rotatable bonds is 7. The topological polar surface area (TPSA) is 42.6 Å². The summed E-state index contributed by atoms with van der Waals surface area (Å²) in [4.78, 5) is 16.0. The predicted octanol–water partition coefficient (Wildman–Crippen LogP) is 4.59. The van der Waals surface area contributed by atoms with Gasteiger partial charge in [0.2, 0.25) is 0 Å². The van der Waals surface area contributed by atoms with Crippen molar-refractivity contribution < 1.29 is 9.21 Å². The molecule has 0 aliphatic carbocycles. The Morgan fingerprint density at radius 2 is 1.58 bits per heavy atom. The molecule has 1 aliphatic rings. The Morgan fingerprint density at radius 3 is 2.32 bits per heavy atom. The van der Waals surface area contributed by atoms with E-state index in [0.29, 0.717) is 11.3 Å². The third kappa shape index (κ3) is 2.96. The molecule has 0 aromatic carbocycles. The molecule has 0 saturated carbocycles. The Labute approximate surface area is 115 Å². The van der Waals surface area contributed by atoms with Crippen molar-refractivity contribution in [2.45, 2.75) is 65.7 Å². The Bertz CT molecular complexity index is 497. The van der Waals surface area contributed by atoms with Gasteiger partial charge in [0.15, 0.2) is 0 Å². The first kappa shape index (κ1) is 14.0. The fourth-order valence-electron chi connectivity index (χ4n) is 2.78. The van der Waals surface area contributed by atoms with E-state index in [0.717, 1.165) is 29.9 Å². The van der Waals surface area contributed by atoms with Gasteiger partial charge in [-0.2, -0.15) is 0 Å². The summed E-state index contributed by atoms with van der Waals surface area (Å²) in [6.07, 6.45) is 8.42. The second kappa shape index (κ2) is 6.18. The van der Waals surface area contributed by atoms with Crippen LogP contribution in [-0.4, -0.2) is 11.6 Å². The van der Waals surface area contributed by atoms with E-state index < -0.39 is 0 Å². The Kier molecular flexibility index (Phi) is 4.56. The van der Waals surface area contributed by atoms with Crippen molar-refractivity contribution in [2.75, 3.05) is 0 Å². The van der Waals surface area contributed by atoms with Gasteiger partial charge in [-0.15, -0.1) is 0 Å². The highest BCUT2D eigenvalue weighted by molar-refractivity contribution is 6.22. The van der Waals surface area contributed by atoms with Crippen LogP contribution < -0.4 is 0 Å². The molecular formula is C16H23NO2. The smallest absolute Gasteiger partial charge is 0.281 e. The number of furan rings is 1. The number of carbonyl (C=O) groups is 1. The fraction of sp³-hybridized carbons (Fsp3) is 0.625. The molecule has 1 aromatic rings. The summed E-state index contributed by atoms with van der Waals surface area (Å²) >= 11 is 0. The molecule has 19 heavy (non-hydrogen) atoms. The average molecular weight is 261 g/mol. The summed E-state index contributed by atoms with van der Waals surface area (Å²) in [6, 6.07) is 0. The molecule has 0 radical (unpaired) electrons. The van der Waals surface area contributed by atoms with Crippen LogP contribution in [0.15, 0.2) is 9.41 Å². The van der Waals surface area contributed by atoms with Gasteiger partial charge >= 0.3 is 0 Å². The summed E-state index contributed by atoms with van der Waals surface area (Å²) in [7, 11) is 0. The zero-order valence-electron chi connectivity index (χ0n) is 12.2. The van der Waals surface area contributed by atoms with E-state index in [1.165, 1.54) is 32.1 Å². The number of hydrogen-bond acceptors (Lipinski definition) is 2. The number of amides is 1. The Hall–Kier alpha value is -1.38. The summed E-state index contributed by atoms with van der Waals surface area (Å²) in [6.45, 7) is 5.98. The number of fused-ring (bicyclic) bond motifs is 1. The molecule has 3 nitrogen and oxygen atoms in total. The molecule has 2 rings (SSSR count). The molecule has 0 atom stereocenters. The van der Waals surface area contributed by atoms with Crippen molar-refractivity contribution in [2.24, 2.45) is 4.99 Å². The molecule has 2 heterocycles. The first-order chi connectivity index (χ1) is 9.15. The van der Waals surface area contributed by atoms with Crippen molar-refractivity contribution in [3.05, 3.63) is 22.6 Å². The van der Waals surface area contributed by atoms with E-state index in [1.807, 2.05) is 13.8 Å². The Morgan fingerprint density at radius 1 is 0.947 bits per heavy atom. The van der Waals surface area contributed by atoms with Crippen LogP contribution in [0.3, 0.4) is 0 Å².